The minimum Gasteiger partial charge on any atom is -0.492 e. The number of ether oxygens (including phenoxy) is 1. The fourth-order valence-electron chi connectivity index (χ4n) is 2.37. The Morgan fingerprint density at radius 2 is 2.04 bits per heavy atom. The van der Waals surface area contributed by atoms with E-state index in [1.807, 2.05) is 18.9 Å². The van der Waals surface area contributed by atoms with E-state index in [0.29, 0.717) is 25.4 Å². The van der Waals surface area contributed by atoms with Gasteiger partial charge in [0, 0.05) is 13.6 Å². The SMILES string of the molecule is CCNC(=NCC1(O)CCC1)N(C)CCOc1ccc(F)cc1.I. The lowest BCUT2D eigenvalue weighted by molar-refractivity contribution is -0.0237. The van der Waals surface area contributed by atoms with Crippen LogP contribution in [0.2, 0.25) is 0 Å². The summed E-state index contributed by atoms with van der Waals surface area (Å²) in [5.74, 6) is 1.13. The van der Waals surface area contributed by atoms with Gasteiger partial charge in [-0.1, -0.05) is 0 Å². The number of rotatable bonds is 7. The average molecular weight is 451 g/mol. The van der Waals surface area contributed by atoms with Crippen LogP contribution in [0.1, 0.15) is 26.2 Å². The van der Waals surface area contributed by atoms with Crippen molar-refractivity contribution < 1.29 is 14.2 Å². The second-order valence-electron chi connectivity index (χ2n) is 5.97. The number of benzene rings is 1. The summed E-state index contributed by atoms with van der Waals surface area (Å²) < 4.78 is 18.4. The van der Waals surface area contributed by atoms with E-state index < -0.39 is 5.60 Å². The standard InChI is InChI=1S/C17H26FN3O2.HI/c1-3-19-16(20-13-17(22)9-4-10-17)21(2)11-12-23-15-7-5-14(18)6-8-15;/h5-8,22H,3-4,9-13H2,1-2H3,(H,19,20);1H. The summed E-state index contributed by atoms with van der Waals surface area (Å²) >= 11 is 0. The zero-order chi connectivity index (χ0) is 16.7. The summed E-state index contributed by atoms with van der Waals surface area (Å²) in [7, 11) is 1.93. The highest BCUT2D eigenvalue weighted by Crippen LogP contribution is 2.31. The van der Waals surface area contributed by atoms with Gasteiger partial charge in [0.1, 0.15) is 18.2 Å². The molecule has 7 heteroatoms. The van der Waals surface area contributed by atoms with E-state index in [1.54, 1.807) is 12.1 Å². The number of aliphatic hydroxyl groups is 1. The van der Waals surface area contributed by atoms with Crippen molar-refractivity contribution in [3.63, 3.8) is 0 Å². The number of guanidine groups is 1. The fraction of sp³-hybridized carbons (Fsp3) is 0.588. The molecule has 0 spiro atoms. The van der Waals surface area contributed by atoms with Crippen molar-refractivity contribution in [2.24, 2.45) is 4.99 Å². The maximum Gasteiger partial charge on any atom is 0.193 e. The number of nitrogens with zero attached hydrogens (tertiary/aromatic N) is 2. The van der Waals surface area contributed by atoms with Crippen LogP contribution < -0.4 is 10.1 Å². The van der Waals surface area contributed by atoms with E-state index in [4.69, 9.17) is 4.74 Å². The topological polar surface area (TPSA) is 57.1 Å². The highest BCUT2D eigenvalue weighted by Gasteiger charge is 2.34. The van der Waals surface area contributed by atoms with Crippen LogP contribution in [0.15, 0.2) is 29.3 Å². The first-order valence-corrected chi connectivity index (χ1v) is 8.12. The molecule has 1 aliphatic rings. The lowest BCUT2D eigenvalue weighted by Crippen LogP contribution is -2.44. The first-order chi connectivity index (χ1) is 11.0. The third kappa shape index (κ3) is 6.43. The molecule has 1 aliphatic carbocycles. The molecule has 1 aromatic carbocycles. The van der Waals surface area contributed by atoms with Gasteiger partial charge in [0.2, 0.25) is 0 Å². The Morgan fingerprint density at radius 3 is 2.58 bits per heavy atom. The zero-order valence-electron chi connectivity index (χ0n) is 14.3. The summed E-state index contributed by atoms with van der Waals surface area (Å²) in [5.41, 5.74) is -0.619. The van der Waals surface area contributed by atoms with Crippen LogP contribution in [0.25, 0.3) is 0 Å². The maximum atomic E-state index is 12.8. The maximum absolute atomic E-state index is 12.8. The van der Waals surface area contributed by atoms with Crippen molar-refractivity contribution in [2.45, 2.75) is 31.8 Å². The number of hydrogen-bond acceptors (Lipinski definition) is 3. The third-order valence-corrected chi connectivity index (χ3v) is 4.01. The van der Waals surface area contributed by atoms with Crippen LogP contribution in [0.3, 0.4) is 0 Å². The van der Waals surface area contributed by atoms with E-state index in [1.165, 1.54) is 12.1 Å². The highest BCUT2D eigenvalue weighted by atomic mass is 127. The molecule has 0 atom stereocenters. The normalized spacial score (nSPS) is 15.9. The molecule has 0 bridgehead atoms. The lowest BCUT2D eigenvalue weighted by Gasteiger charge is -2.35. The Bertz CT molecular complexity index is 521. The van der Waals surface area contributed by atoms with E-state index in [9.17, 15) is 9.50 Å². The summed E-state index contributed by atoms with van der Waals surface area (Å²) in [6.07, 6.45) is 2.73. The van der Waals surface area contributed by atoms with Gasteiger partial charge < -0.3 is 20.1 Å². The van der Waals surface area contributed by atoms with Gasteiger partial charge in [-0.25, -0.2) is 4.39 Å². The van der Waals surface area contributed by atoms with Gasteiger partial charge in [-0.3, -0.25) is 4.99 Å². The first kappa shape index (κ1) is 21.0. The molecule has 1 aromatic rings. The molecule has 1 saturated carbocycles. The monoisotopic (exact) mass is 451 g/mol. The number of likely N-dealkylation sites (N-methyl/N-ethyl adjacent to an activating group) is 1. The first-order valence-electron chi connectivity index (χ1n) is 8.12. The Labute approximate surface area is 160 Å². The van der Waals surface area contributed by atoms with E-state index >= 15 is 0 Å². The molecule has 0 radical (unpaired) electrons. The number of hydrogen-bond donors (Lipinski definition) is 2. The van der Waals surface area contributed by atoms with Gasteiger partial charge in [0.05, 0.1) is 18.7 Å². The van der Waals surface area contributed by atoms with Crippen molar-refractivity contribution in [1.29, 1.82) is 0 Å². The van der Waals surface area contributed by atoms with Gasteiger partial charge in [0.15, 0.2) is 5.96 Å². The van der Waals surface area contributed by atoms with Gasteiger partial charge >= 0.3 is 0 Å². The molecule has 0 amide bonds. The molecule has 2 N–H and O–H groups in total. The molecule has 0 heterocycles. The quantitative estimate of drug-likeness (QED) is 0.380. The highest BCUT2D eigenvalue weighted by molar-refractivity contribution is 14.0. The number of nitrogens with one attached hydrogen (secondary N) is 1. The molecule has 136 valence electrons. The Kier molecular flexibility index (Phi) is 8.75. The second-order valence-corrected chi connectivity index (χ2v) is 5.97. The predicted octanol–water partition coefficient (Wildman–Crippen LogP) is 2.63. The van der Waals surface area contributed by atoms with Gasteiger partial charge in [0.25, 0.3) is 0 Å². The molecular formula is C17H27FIN3O2. The third-order valence-electron chi connectivity index (χ3n) is 4.01. The van der Waals surface area contributed by atoms with Crippen molar-refractivity contribution in [1.82, 2.24) is 10.2 Å². The summed E-state index contributed by atoms with van der Waals surface area (Å²) in [4.78, 5) is 6.49. The van der Waals surface area contributed by atoms with Crippen LogP contribution in [0, 0.1) is 5.82 Å². The smallest absolute Gasteiger partial charge is 0.193 e. The lowest BCUT2D eigenvalue weighted by atomic mass is 9.80. The van der Waals surface area contributed by atoms with Crippen LogP contribution in [0.4, 0.5) is 4.39 Å². The van der Waals surface area contributed by atoms with Crippen LogP contribution in [-0.2, 0) is 0 Å². The summed E-state index contributed by atoms with van der Waals surface area (Å²) in [6.45, 7) is 4.31. The fourth-order valence-corrected chi connectivity index (χ4v) is 2.37. The van der Waals surface area contributed by atoms with Crippen LogP contribution in [0.5, 0.6) is 5.75 Å². The Morgan fingerprint density at radius 1 is 1.38 bits per heavy atom. The van der Waals surface area contributed by atoms with E-state index in [-0.39, 0.29) is 29.8 Å². The molecule has 24 heavy (non-hydrogen) atoms. The van der Waals surface area contributed by atoms with Crippen molar-refractivity contribution >= 4 is 29.9 Å². The molecule has 0 saturated heterocycles. The molecule has 0 aliphatic heterocycles. The molecule has 0 aromatic heterocycles. The number of aliphatic imine (C=N–C) groups is 1. The minimum atomic E-state index is -0.619. The molecule has 2 rings (SSSR count). The molecular weight excluding hydrogens is 424 g/mol. The Balaban J connectivity index is 0.00000288. The second kappa shape index (κ2) is 10.0. The van der Waals surface area contributed by atoms with Crippen LogP contribution in [-0.4, -0.2) is 54.9 Å². The number of halogens is 2. The predicted molar refractivity (Wildman–Crippen MR) is 105 cm³/mol. The van der Waals surface area contributed by atoms with Crippen LogP contribution >= 0.6 is 24.0 Å². The van der Waals surface area contributed by atoms with Crippen molar-refractivity contribution in [3.8, 4) is 5.75 Å². The average Bonchev–Trinajstić information content (AvgIpc) is 2.51. The van der Waals surface area contributed by atoms with E-state index in [2.05, 4.69) is 10.3 Å². The molecule has 1 fully saturated rings. The largest absolute Gasteiger partial charge is 0.492 e. The Hall–Kier alpha value is -1.09. The zero-order valence-corrected chi connectivity index (χ0v) is 16.6. The van der Waals surface area contributed by atoms with Crippen molar-refractivity contribution in [2.75, 3.05) is 33.3 Å². The minimum absolute atomic E-state index is 0. The molecule has 5 nitrogen and oxygen atoms in total. The van der Waals surface area contributed by atoms with Gasteiger partial charge in [-0.05, 0) is 50.5 Å². The van der Waals surface area contributed by atoms with Gasteiger partial charge in [-0.15, -0.1) is 24.0 Å². The molecule has 0 unspecified atom stereocenters. The summed E-state index contributed by atoms with van der Waals surface area (Å²) in [6, 6.07) is 5.98. The van der Waals surface area contributed by atoms with Crippen molar-refractivity contribution in [3.05, 3.63) is 30.1 Å². The van der Waals surface area contributed by atoms with Gasteiger partial charge in [-0.2, -0.15) is 0 Å². The van der Waals surface area contributed by atoms with E-state index in [0.717, 1.165) is 31.8 Å². The summed E-state index contributed by atoms with van der Waals surface area (Å²) in [5, 5.41) is 13.4.